The highest BCUT2D eigenvalue weighted by molar-refractivity contribution is 14.0. The summed E-state index contributed by atoms with van der Waals surface area (Å²) in [5.41, 5.74) is 1.36. The molecule has 0 spiro atoms. The minimum absolute atomic E-state index is 0. The molecule has 6 heteroatoms. The van der Waals surface area contributed by atoms with Crippen LogP contribution in [0.4, 0.5) is 0 Å². The number of guanidine groups is 1. The van der Waals surface area contributed by atoms with Crippen LogP contribution in [0.2, 0.25) is 0 Å². The summed E-state index contributed by atoms with van der Waals surface area (Å²) in [6.07, 6.45) is 3.58. The van der Waals surface area contributed by atoms with E-state index in [0.29, 0.717) is 5.92 Å². The lowest BCUT2D eigenvalue weighted by Crippen LogP contribution is -2.39. The maximum absolute atomic E-state index is 5.22. The molecule has 2 N–H and O–H groups in total. The van der Waals surface area contributed by atoms with E-state index in [1.807, 2.05) is 12.1 Å². The first-order chi connectivity index (χ1) is 12.2. The molecular formula is C20H35IN4O. The van der Waals surface area contributed by atoms with Crippen molar-refractivity contribution >= 4 is 29.9 Å². The molecule has 0 unspecified atom stereocenters. The van der Waals surface area contributed by atoms with Crippen LogP contribution < -0.4 is 15.4 Å². The zero-order valence-electron chi connectivity index (χ0n) is 16.5. The smallest absolute Gasteiger partial charge is 0.191 e. The average Bonchev–Trinajstić information content (AvgIpc) is 2.66. The van der Waals surface area contributed by atoms with Crippen LogP contribution in [-0.4, -0.2) is 50.7 Å². The number of methoxy groups -OCH3 is 1. The molecule has 0 amide bonds. The molecule has 1 heterocycles. The number of ether oxygens (including phenoxy) is 1. The summed E-state index contributed by atoms with van der Waals surface area (Å²) in [4.78, 5) is 7.31. The van der Waals surface area contributed by atoms with E-state index in [1.54, 1.807) is 7.11 Å². The number of halogens is 1. The largest absolute Gasteiger partial charge is 0.497 e. The lowest BCUT2D eigenvalue weighted by Gasteiger charge is -2.31. The first-order valence-electron chi connectivity index (χ1n) is 9.62. The molecule has 1 aromatic rings. The number of hydrogen-bond acceptors (Lipinski definition) is 3. The summed E-state index contributed by atoms with van der Waals surface area (Å²) in [5.74, 6) is 2.59. The topological polar surface area (TPSA) is 48.9 Å². The van der Waals surface area contributed by atoms with E-state index in [4.69, 9.17) is 9.73 Å². The molecule has 0 aromatic heterocycles. The lowest BCUT2D eigenvalue weighted by atomic mass is 9.96. The Morgan fingerprint density at radius 3 is 2.42 bits per heavy atom. The van der Waals surface area contributed by atoms with E-state index in [2.05, 4.69) is 41.5 Å². The number of aliphatic imine (C=N–C) groups is 1. The molecule has 0 radical (unpaired) electrons. The van der Waals surface area contributed by atoms with Crippen molar-refractivity contribution in [2.24, 2.45) is 10.9 Å². The second-order valence-electron chi connectivity index (χ2n) is 6.71. The third-order valence-corrected chi connectivity index (χ3v) is 4.67. The Morgan fingerprint density at radius 1 is 1.15 bits per heavy atom. The first-order valence-corrected chi connectivity index (χ1v) is 9.62. The summed E-state index contributed by atoms with van der Waals surface area (Å²) in [5, 5.41) is 6.70. The van der Waals surface area contributed by atoms with Crippen molar-refractivity contribution in [3.8, 4) is 5.75 Å². The zero-order chi connectivity index (χ0) is 17.9. The first kappa shape index (κ1) is 23.0. The fourth-order valence-corrected chi connectivity index (χ4v) is 3.12. The van der Waals surface area contributed by atoms with Crippen molar-refractivity contribution < 1.29 is 4.74 Å². The van der Waals surface area contributed by atoms with E-state index in [9.17, 15) is 0 Å². The molecule has 1 saturated heterocycles. The molecule has 5 nitrogen and oxygen atoms in total. The van der Waals surface area contributed by atoms with Crippen molar-refractivity contribution in [1.82, 2.24) is 15.5 Å². The van der Waals surface area contributed by atoms with Gasteiger partial charge in [0, 0.05) is 26.2 Å². The summed E-state index contributed by atoms with van der Waals surface area (Å²) in [7, 11) is 1.71. The summed E-state index contributed by atoms with van der Waals surface area (Å²) in [6, 6.07) is 8.42. The van der Waals surface area contributed by atoms with Gasteiger partial charge in [-0.2, -0.15) is 0 Å². The van der Waals surface area contributed by atoms with Crippen molar-refractivity contribution in [3.63, 3.8) is 0 Å². The van der Waals surface area contributed by atoms with Gasteiger partial charge in [-0.1, -0.05) is 19.1 Å². The Bertz CT molecular complexity index is 513. The van der Waals surface area contributed by atoms with Crippen LogP contribution in [0, 0.1) is 5.92 Å². The van der Waals surface area contributed by atoms with E-state index >= 15 is 0 Å². The predicted molar refractivity (Wildman–Crippen MR) is 121 cm³/mol. The van der Waals surface area contributed by atoms with Crippen LogP contribution in [0.1, 0.15) is 38.7 Å². The summed E-state index contributed by atoms with van der Waals surface area (Å²) >= 11 is 0. The molecule has 1 aromatic carbocycles. The molecular weight excluding hydrogens is 439 g/mol. The Balaban J connectivity index is 0.00000338. The van der Waals surface area contributed by atoms with Crippen LogP contribution in [0.15, 0.2) is 29.3 Å². The quantitative estimate of drug-likeness (QED) is 0.344. The van der Waals surface area contributed by atoms with Crippen molar-refractivity contribution in [2.45, 2.75) is 39.7 Å². The maximum Gasteiger partial charge on any atom is 0.191 e. The van der Waals surface area contributed by atoms with Crippen LogP contribution in [0.5, 0.6) is 5.75 Å². The van der Waals surface area contributed by atoms with Gasteiger partial charge >= 0.3 is 0 Å². The Hall–Kier alpha value is -1.02. The van der Waals surface area contributed by atoms with Crippen molar-refractivity contribution in [3.05, 3.63) is 29.8 Å². The van der Waals surface area contributed by atoms with E-state index in [1.165, 1.54) is 18.4 Å². The van der Waals surface area contributed by atoms with E-state index in [-0.39, 0.29) is 24.0 Å². The molecule has 1 aliphatic heterocycles. The minimum atomic E-state index is 0. The predicted octanol–water partition coefficient (Wildman–Crippen LogP) is 3.49. The normalized spacial score (nSPS) is 16.0. The number of hydrogen-bond donors (Lipinski definition) is 2. The van der Waals surface area contributed by atoms with Gasteiger partial charge in [-0.05, 0) is 62.9 Å². The van der Waals surface area contributed by atoms with Gasteiger partial charge < -0.3 is 15.4 Å². The van der Waals surface area contributed by atoms with Crippen molar-refractivity contribution in [1.29, 1.82) is 0 Å². The third kappa shape index (κ3) is 8.12. The van der Waals surface area contributed by atoms with Gasteiger partial charge in [0.25, 0.3) is 0 Å². The average molecular weight is 474 g/mol. The highest BCUT2D eigenvalue weighted by Gasteiger charge is 2.19. The minimum Gasteiger partial charge on any atom is -0.497 e. The van der Waals surface area contributed by atoms with Crippen LogP contribution in [0.25, 0.3) is 0 Å². The third-order valence-electron chi connectivity index (χ3n) is 4.67. The van der Waals surface area contributed by atoms with E-state index in [0.717, 1.165) is 57.4 Å². The number of nitrogens with one attached hydrogen (secondary N) is 2. The van der Waals surface area contributed by atoms with Gasteiger partial charge in [-0.15, -0.1) is 24.0 Å². The molecule has 26 heavy (non-hydrogen) atoms. The van der Waals surface area contributed by atoms with Gasteiger partial charge in [0.2, 0.25) is 0 Å². The van der Waals surface area contributed by atoms with Gasteiger partial charge in [0.1, 0.15) is 5.75 Å². The number of piperidine rings is 1. The molecule has 0 atom stereocenters. The van der Waals surface area contributed by atoms with Gasteiger partial charge in [-0.3, -0.25) is 9.89 Å². The molecule has 0 aliphatic carbocycles. The number of benzene rings is 1. The Labute approximate surface area is 176 Å². The monoisotopic (exact) mass is 474 g/mol. The van der Waals surface area contributed by atoms with Gasteiger partial charge in [-0.25, -0.2) is 0 Å². The molecule has 0 saturated carbocycles. The molecule has 1 aliphatic rings. The number of rotatable bonds is 8. The standard InChI is InChI=1S/C20H34N4O.HI/c1-4-12-22-20(21-5-2)23-15-17-10-13-24(14-11-17)16-18-6-8-19(25-3)9-7-18;/h6-9,17H,4-5,10-16H2,1-3H3,(H2,21,22,23);1H. The van der Waals surface area contributed by atoms with Crippen LogP contribution >= 0.6 is 24.0 Å². The Kier molecular flexibility index (Phi) is 11.7. The second-order valence-corrected chi connectivity index (χ2v) is 6.71. The fraction of sp³-hybridized carbons (Fsp3) is 0.650. The second kappa shape index (κ2) is 13.2. The highest BCUT2D eigenvalue weighted by atomic mass is 127. The Morgan fingerprint density at radius 2 is 1.85 bits per heavy atom. The maximum atomic E-state index is 5.22. The SMILES string of the molecule is CCCNC(=NCC1CCN(Cc2ccc(OC)cc2)CC1)NCC.I. The van der Waals surface area contributed by atoms with Crippen molar-refractivity contribution in [2.75, 3.05) is 39.8 Å². The highest BCUT2D eigenvalue weighted by Crippen LogP contribution is 2.20. The van der Waals surface area contributed by atoms with E-state index < -0.39 is 0 Å². The van der Waals surface area contributed by atoms with Gasteiger partial charge in [0.15, 0.2) is 5.96 Å². The summed E-state index contributed by atoms with van der Waals surface area (Å²) in [6.45, 7) is 10.4. The number of nitrogens with zero attached hydrogens (tertiary/aromatic N) is 2. The molecule has 2 rings (SSSR count). The lowest BCUT2D eigenvalue weighted by molar-refractivity contribution is 0.180. The van der Waals surface area contributed by atoms with Gasteiger partial charge in [0.05, 0.1) is 7.11 Å². The molecule has 148 valence electrons. The fourth-order valence-electron chi connectivity index (χ4n) is 3.12. The van der Waals surface area contributed by atoms with Crippen LogP contribution in [0.3, 0.4) is 0 Å². The number of likely N-dealkylation sites (tertiary alicyclic amines) is 1. The molecule has 1 fully saturated rings. The zero-order valence-corrected chi connectivity index (χ0v) is 18.8. The summed E-state index contributed by atoms with van der Waals surface area (Å²) < 4.78 is 5.22. The van der Waals surface area contributed by atoms with Crippen LogP contribution in [-0.2, 0) is 6.54 Å². The molecule has 0 bridgehead atoms.